The molecule has 0 aromatic rings. The van der Waals surface area contributed by atoms with Gasteiger partial charge in [0.05, 0.1) is 0 Å². The number of carbonyl (C=O) groups excluding carboxylic acids is 1. The van der Waals surface area contributed by atoms with Crippen LogP contribution in [0.1, 0.15) is 168 Å². The zero-order chi connectivity index (χ0) is 24.3. The van der Waals surface area contributed by atoms with Crippen LogP contribution in [0.4, 0.5) is 0 Å². The maximum atomic E-state index is 12.7. The van der Waals surface area contributed by atoms with Gasteiger partial charge in [0.25, 0.3) is 0 Å². The van der Waals surface area contributed by atoms with Crippen molar-refractivity contribution in [1.29, 1.82) is 0 Å². The lowest BCUT2D eigenvalue weighted by atomic mass is 9.78. The third-order valence-corrected chi connectivity index (χ3v) is 9.16. The molecule has 0 heterocycles. The second-order valence-corrected chi connectivity index (χ2v) is 12.3. The SMILES string of the molecule is CCCC(CCCC(=O)NCC1CCCCCCCCCC1)C1CCCCCC(C)CCCC1. The zero-order valence-electron chi connectivity index (χ0n) is 23.4. The van der Waals surface area contributed by atoms with E-state index in [4.69, 9.17) is 0 Å². The molecule has 2 nitrogen and oxygen atoms in total. The van der Waals surface area contributed by atoms with E-state index in [0.717, 1.165) is 37.1 Å². The molecule has 34 heavy (non-hydrogen) atoms. The Hall–Kier alpha value is -0.530. The summed E-state index contributed by atoms with van der Waals surface area (Å²) in [7, 11) is 0. The van der Waals surface area contributed by atoms with Crippen LogP contribution in [0.2, 0.25) is 0 Å². The molecule has 0 spiro atoms. The first-order valence-corrected chi connectivity index (χ1v) is 16.0. The van der Waals surface area contributed by atoms with E-state index in [-0.39, 0.29) is 0 Å². The molecule has 0 aromatic carbocycles. The Morgan fingerprint density at radius 2 is 1.21 bits per heavy atom. The van der Waals surface area contributed by atoms with Crippen molar-refractivity contribution in [3.8, 4) is 0 Å². The lowest BCUT2D eigenvalue weighted by Gasteiger charge is -2.27. The highest BCUT2D eigenvalue weighted by atomic mass is 16.1. The Balaban J connectivity index is 1.71. The van der Waals surface area contributed by atoms with Crippen molar-refractivity contribution in [3.63, 3.8) is 0 Å². The van der Waals surface area contributed by atoms with Crippen molar-refractivity contribution >= 4 is 5.91 Å². The number of hydrogen-bond acceptors (Lipinski definition) is 1. The van der Waals surface area contributed by atoms with Gasteiger partial charge in [-0.2, -0.15) is 0 Å². The van der Waals surface area contributed by atoms with E-state index in [1.165, 1.54) is 141 Å². The van der Waals surface area contributed by atoms with Crippen LogP contribution in [0.5, 0.6) is 0 Å². The second kappa shape index (κ2) is 19.6. The van der Waals surface area contributed by atoms with Crippen molar-refractivity contribution < 1.29 is 4.79 Å². The van der Waals surface area contributed by atoms with E-state index in [1.54, 1.807) is 0 Å². The van der Waals surface area contributed by atoms with Gasteiger partial charge in [0, 0.05) is 13.0 Å². The van der Waals surface area contributed by atoms with Crippen LogP contribution in [0, 0.1) is 23.7 Å². The van der Waals surface area contributed by atoms with E-state index in [2.05, 4.69) is 19.2 Å². The largest absolute Gasteiger partial charge is 0.356 e. The average molecular weight is 476 g/mol. The summed E-state index contributed by atoms with van der Waals surface area (Å²) < 4.78 is 0. The van der Waals surface area contributed by atoms with E-state index < -0.39 is 0 Å². The summed E-state index contributed by atoms with van der Waals surface area (Å²) in [4.78, 5) is 12.7. The molecule has 0 saturated heterocycles. The Morgan fingerprint density at radius 1 is 0.706 bits per heavy atom. The second-order valence-electron chi connectivity index (χ2n) is 12.3. The Bertz CT molecular complexity index is 477. The Labute approximate surface area is 214 Å². The first-order valence-electron chi connectivity index (χ1n) is 16.0. The van der Waals surface area contributed by atoms with Crippen LogP contribution < -0.4 is 5.32 Å². The van der Waals surface area contributed by atoms with Crippen LogP contribution in [0.3, 0.4) is 0 Å². The standard InChI is InChI=1S/C32H61NO/c1-3-18-30(31-23-14-10-11-19-28(2)20-15-16-24-31)25-17-26-32(34)33-27-29-21-12-8-6-4-5-7-9-13-22-29/h28-31H,3-27H2,1-2H3,(H,33,34). The fourth-order valence-corrected chi connectivity index (χ4v) is 6.87. The molecule has 2 fully saturated rings. The molecule has 3 atom stereocenters. The summed E-state index contributed by atoms with van der Waals surface area (Å²) in [6.45, 7) is 5.74. The minimum Gasteiger partial charge on any atom is -0.356 e. The van der Waals surface area contributed by atoms with Crippen LogP contribution in [0.15, 0.2) is 0 Å². The molecule has 2 aliphatic carbocycles. The normalized spacial score (nSPS) is 26.1. The molecule has 0 bridgehead atoms. The van der Waals surface area contributed by atoms with Gasteiger partial charge in [0.2, 0.25) is 5.91 Å². The van der Waals surface area contributed by atoms with Crippen LogP contribution in [-0.2, 0) is 4.79 Å². The minimum absolute atomic E-state index is 0.320. The first-order chi connectivity index (χ1) is 16.7. The smallest absolute Gasteiger partial charge is 0.220 e. The summed E-state index contributed by atoms with van der Waals surface area (Å²) >= 11 is 0. The predicted octanol–water partition coefficient (Wildman–Crippen LogP) is 10.00. The quantitative estimate of drug-likeness (QED) is 0.353. The molecule has 0 aromatic heterocycles. The van der Waals surface area contributed by atoms with Gasteiger partial charge >= 0.3 is 0 Å². The number of carbonyl (C=O) groups is 1. The summed E-state index contributed by atoms with van der Waals surface area (Å²) in [6, 6.07) is 0. The molecule has 0 radical (unpaired) electrons. The maximum Gasteiger partial charge on any atom is 0.220 e. The summed E-state index contributed by atoms with van der Waals surface area (Å²) in [5.41, 5.74) is 0. The average Bonchev–Trinajstić information content (AvgIpc) is 2.92. The van der Waals surface area contributed by atoms with Crippen molar-refractivity contribution in [1.82, 2.24) is 5.32 Å². The third kappa shape index (κ3) is 14.1. The first kappa shape index (κ1) is 29.7. The molecular weight excluding hydrogens is 414 g/mol. The van der Waals surface area contributed by atoms with Gasteiger partial charge < -0.3 is 5.32 Å². The highest BCUT2D eigenvalue weighted by Gasteiger charge is 2.21. The Kier molecular flexibility index (Phi) is 17.2. The number of rotatable bonds is 9. The van der Waals surface area contributed by atoms with Gasteiger partial charge in [-0.25, -0.2) is 0 Å². The lowest BCUT2D eigenvalue weighted by molar-refractivity contribution is -0.121. The third-order valence-electron chi connectivity index (χ3n) is 9.16. The summed E-state index contributed by atoms with van der Waals surface area (Å²) in [5, 5.41) is 3.34. The van der Waals surface area contributed by atoms with E-state index in [1.807, 2.05) is 0 Å². The molecule has 2 rings (SSSR count). The topological polar surface area (TPSA) is 29.1 Å². The van der Waals surface area contributed by atoms with Crippen LogP contribution in [0.25, 0.3) is 0 Å². The van der Waals surface area contributed by atoms with Gasteiger partial charge in [0.1, 0.15) is 0 Å². The molecule has 3 unspecified atom stereocenters. The molecule has 1 N–H and O–H groups in total. The monoisotopic (exact) mass is 475 g/mol. The molecule has 2 heteroatoms. The van der Waals surface area contributed by atoms with Gasteiger partial charge in [-0.3, -0.25) is 4.79 Å². The van der Waals surface area contributed by atoms with E-state index in [9.17, 15) is 4.79 Å². The van der Waals surface area contributed by atoms with Gasteiger partial charge in [0.15, 0.2) is 0 Å². The highest BCUT2D eigenvalue weighted by Crippen LogP contribution is 2.33. The predicted molar refractivity (Wildman–Crippen MR) is 149 cm³/mol. The minimum atomic E-state index is 0.320. The van der Waals surface area contributed by atoms with Gasteiger partial charge in [-0.1, -0.05) is 136 Å². The van der Waals surface area contributed by atoms with E-state index >= 15 is 0 Å². The Morgan fingerprint density at radius 3 is 1.85 bits per heavy atom. The van der Waals surface area contributed by atoms with E-state index in [0.29, 0.717) is 11.8 Å². The summed E-state index contributed by atoms with van der Waals surface area (Å²) in [6.07, 6.45) is 32.5. The highest BCUT2D eigenvalue weighted by molar-refractivity contribution is 5.75. The molecule has 2 saturated carbocycles. The summed E-state index contributed by atoms with van der Waals surface area (Å²) in [5.74, 6) is 3.72. The van der Waals surface area contributed by atoms with Crippen molar-refractivity contribution in [2.45, 2.75) is 168 Å². The number of nitrogens with one attached hydrogen (secondary N) is 1. The maximum absolute atomic E-state index is 12.7. The van der Waals surface area contributed by atoms with Crippen molar-refractivity contribution in [2.75, 3.05) is 6.54 Å². The van der Waals surface area contributed by atoms with Crippen LogP contribution >= 0.6 is 0 Å². The van der Waals surface area contributed by atoms with Crippen LogP contribution in [-0.4, -0.2) is 12.5 Å². The molecule has 200 valence electrons. The molecular formula is C32H61NO. The fraction of sp³-hybridized carbons (Fsp3) is 0.969. The van der Waals surface area contributed by atoms with Crippen molar-refractivity contribution in [2.24, 2.45) is 23.7 Å². The lowest BCUT2D eigenvalue weighted by Crippen LogP contribution is -2.29. The van der Waals surface area contributed by atoms with Gasteiger partial charge in [-0.15, -0.1) is 0 Å². The van der Waals surface area contributed by atoms with Crippen molar-refractivity contribution in [3.05, 3.63) is 0 Å². The number of amides is 1. The fourth-order valence-electron chi connectivity index (χ4n) is 6.87. The molecule has 0 aliphatic heterocycles. The zero-order valence-corrected chi connectivity index (χ0v) is 23.4. The molecule has 2 aliphatic rings. The molecule has 1 amide bonds. The number of hydrogen-bond donors (Lipinski definition) is 1. The van der Waals surface area contributed by atoms with Gasteiger partial charge in [-0.05, 0) is 49.4 Å².